The maximum absolute atomic E-state index is 11.7. The molecule has 5 nitrogen and oxygen atoms in total. The standard InChI is InChI=1S/C15H27NO4/c1-5-8-15(12(17)18,9-11-6-7-11)10-16-13(19)20-14(2,3)4/h11H,5-10H2,1-4H3,(H,16,19)(H,17,18). The number of nitrogens with one attached hydrogen (secondary N) is 1. The molecule has 0 aromatic rings. The molecule has 20 heavy (non-hydrogen) atoms. The molecule has 116 valence electrons. The van der Waals surface area contributed by atoms with Gasteiger partial charge in [-0.3, -0.25) is 4.79 Å². The predicted octanol–water partition coefficient (Wildman–Crippen LogP) is 3.18. The Balaban J connectivity index is 2.63. The molecule has 1 rings (SSSR count). The molecule has 0 aliphatic heterocycles. The van der Waals surface area contributed by atoms with Gasteiger partial charge in [0.05, 0.1) is 5.41 Å². The number of ether oxygens (including phenoxy) is 1. The van der Waals surface area contributed by atoms with E-state index in [1.165, 1.54) is 0 Å². The molecule has 0 aromatic heterocycles. The molecular weight excluding hydrogens is 258 g/mol. The van der Waals surface area contributed by atoms with Gasteiger partial charge >= 0.3 is 12.1 Å². The van der Waals surface area contributed by atoms with E-state index in [0.29, 0.717) is 18.8 Å². The smallest absolute Gasteiger partial charge is 0.407 e. The molecule has 0 saturated heterocycles. The number of amides is 1. The fraction of sp³-hybridized carbons (Fsp3) is 0.867. The first-order valence-corrected chi connectivity index (χ1v) is 7.39. The summed E-state index contributed by atoms with van der Waals surface area (Å²) in [6.45, 7) is 7.47. The van der Waals surface area contributed by atoms with Crippen molar-refractivity contribution < 1.29 is 19.4 Å². The fourth-order valence-corrected chi connectivity index (χ4v) is 2.44. The van der Waals surface area contributed by atoms with Crippen molar-refractivity contribution in [2.24, 2.45) is 11.3 Å². The molecule has 1 aliphatic carbocycles. The Hall–Kier alpha value is -1.26. The Morgan fingerprint density at radius 2 is 1.90 bits per heavy atom. The lowest BCUT2D eigenvalue weighted by molar-refractivity contribution is -0.150. The van der Waals surface area contributed by atoms with Crippen LogP contribution in [-0.4, -0.2) is 29.3 Å². The van der Waals surface area contributed by atoms with Crippen LogP contribution in [0, 0.1) is 11.3 Å². The van der Waals surface area contributed by atoms with Crippen molar-refractivity contribution in [3.8, 4) is 0 Å². The van der Waals surface area contributed by atoms with Crippen LogP contribution in [-0.2, 0) is 9.53 Å². The third kappa shape index (κ3) is 5.39. The normalized spacial score (nSPS) is 18.2. The summed E-state index contributed by atoms with van der Waals surface area (Å²) in [5.41, 5.74) is -1.43. The number of rotatable bonds is 7. The number of carbonyl (C=O) groups is 2. The zero-order valence-electron chi connectivity index (χ0n) is 13.0. The number of alkyl carbamates (subject to hydrolysis) is 1. The van der Waals surface area contributed by atoms with Gasteiger partial charge in [-0.05, 0) is 39.5 Å². The number of carboxylic acid groups (broad SMARTS) is 1. The highest BCUT2D eigenvalue weighted by Crippen LogP contribution is 2.42. The molecule has 1 atom stereocenters. The number of hydrogen-bond donors (Lipinski definition) is 2. The third-order valence-electron chi connectivity index (χ3n) is 3.53. The van der Waals surface area contributed by atoms with Crippen molar-refractivity contribution in [3.05, 3.63) is 0 Å². The number of hydrogen-bond acceptors (Lipinski definition) is 3. The van der Waals surface area contributed by atoms with Crippen LogP contribution < -0.4 is 5.32 Å². The molecule has 1 saturated carbocycles. The Bertz CT molecular complexity index is 357. The fourth-order valence-electron chi connectivity index (χ4n) is 2.44. The topological polar surface area (TPSA) is 75.6 Å². The van der Waals surface area contributed by atoms with Crippen LogP contribution in [0.1, 0.15) is 59.8 Å². The van der Waals surface area contributed by atoms with E-state index in [0.717, 1.165) is 19.3 Å². The minimum atomic E-state index is -0.854. The molecule has 5 heteroatoms. The van der Waals surface area contributed by atoms with Crippen LogP contribution in [0.15, 0.2) is 0 Å². The van der Waals surface area contributed by atoms with E-state index in [4.69, 9.17) is 4.74 Å². The third-order valence-corrected chi connectivity index (χ3v) is 3.53. The number of carbonyl (C=O) groups excluding carboxylic acids is 1. The SMILES string of the molecule is CCCC(CNC(=O)OC(C)(C)C)(CC1CC1)C(=O)O. The van der Waals surface area contributed by atoms with Crippen LogP contribution in [0.4, 0.5) is 4.79 Å². The number of aliphatic carboxylic acids is 1. The predicted molar refractivity (Wildman–Crippen MR) is 76.6 cm³/mol. The molecule has 0 heterocycles. The second-order valence-corrected chi connectivity index (χ2v) is 6.84. The van der Waals surface area contributed by atoms with Crippen molar-refractivity contribution in [2.45, 2.75) is 65.4 Å². The Labute approximate surface area is 121 Å². The van der Waals surface area contributed by atoms with Crippen molar-refractivity contribution >= 4 is 12.1 Å². The second-order valence-electron chi connectivity index (χ2n) is 6.84. The van der Waals surface area contributed by atoms with Crippen LogP contribution in [0.25, 0.3) is 0 Å². The van der Waals surface area contributed by atoms with Gasteiger partial charge < -0.3 is 15.2 Å². The highest BCUT2D eigenvalue weighted by Gasteiger charge is 2.42. The summed E-state index contributed by atoms with van der Waals surface area (Å²) in [6, 6.07) is 0. The summed E-state index contributed by atoms with van der Waals surface area (Å²) < 4.78 is 5.17. The van der Waals surface area contributed by atoms with Crippen molar-refractivity contribution in [2.75, 3.05) is 6.54 Å². The molecule has 2 N–H and O–H groups in total. The van der Waals surface area contributed by atoms with Crippen molar-refractivity contribution in [1.29, 1.82) is 0 Å². The minimum absolute atomic E-state index is 0.140. The summed E-state index contributed by atoms with van der Waals surface area (Å²) in [4.78, 5) is 23.4. The highest BCUT2D eigenvalue weighted by atomic mass is 16.6. The summed E-state index contributed by atoms with van der Waals surface area (Å²) >= 11 is 0. The molecule has 0 aromatic carbocycles. The van der Waals surface area contributed by atoms with Crippen LogP contribution in [0.5, 0.6) is 0 Å². The summed E-state index contributed by atoms with van der Waals surface area (Å²) in [7, 11) is 0. The monoisotopic (exact) mass is 285 g/mol. The molecule has 1 amide bonds. The largest absolute Gasteiger partial charge is 0.481 e. The van der Waals surface area contributed by atoms with Gasteiger partial charge in [0.2, 0.25) is 0 Å². The lowest BCUT2D eigenvalue weighted by Gasteiger charge is -2.30. The van der Waals surface area contributed by atoms with Crippen LogP contribution in [0.3, 0.4) is 0 Å². The van der Waals surface area contributed by atoms with Gasteiger partial charge in [0.1, 0.15) is 5.60 Å². The molecule has 1 aliphatic rings. The molecule has 0 radical (unpaired) electrons. The first-order valence-electron chi connectivity index (χ1n) is 7.39. The summed E-state index contributed by atoms with van der Waals surface area (Å²) in [6.07, 6.45) is 3.67. The van der Waals surface area contributed by atoms with Gasteiger partial charge in [-0.1, -0.05) is 26.2 Å². The molecular formula is C15H27NO4. The molecule has 0 bridgehead atoms. The maximum Gasteiger partial charge on any atom is 0.407 e. The summed E-state index contributed by atoms with van der Waals surface area (Å²) in [5.74, 6) is -0.319. The Kier molecular flexibility index (Phi) is 5.42. The molecule has 0 spiro atoms. The van der Waals surface area contributed by atoms with E-state index in [9.17, 15) is 14.7 Å². The second kappa shape index (κ2) is 6.46. The molecule has 1 unspecified atom stereocenters. The lowest BCUT2D eigenvalue weighted by Crippen LogP contribution is -2.45. The van der Waals surface area contributed by atoms with E-state index >= 15 is 0 Å². The van der Waals surface area contributed by atoms with E-state index in [1.54, 1.807) is 20.8 Å². The average molecular weight is 285 g/mol. The van der Waals surface area contributed by atoms with Gasteiger partial charge in [0.15, 0.2) is 0 Å². The Morgan fingerprint density at radius 3 is 2.30 bits per heavy atom. The van der Waals surface area contributed by atoms with E-state index in [2.05, 4.69) is 5.32 Å². The molecule has 1 fully saturated rings. The van der Waals surface area contributed by atoms with Gasteiger partial charge in [0.25, 0.3) is 0 Å². The van der Waals surface area contributed by atoms with E-state index < -0.39 is 23.1 Å². The van der Waals surface area contributed by atoms with Crippen LogP contribution in [0.2, 0.25) is 0 Å². The Morgan fingerprint density at radius 1 is 1.30 bits per heavy atom. The van der Waals surface area contributed by atoms with Gasteiger partial charge in [-0.15, -0.1) is 0 Å². The average Bonchev–Trinajstić information content (AvgIpc) is 3.07. The van der Waals surface area contributed by atoms with E-state index in [-0.39, 0.29) is 6.54 Å². The number of carboxylic acids is 1. The van der Waals surface area contributed by atoms with Crippen molar-refractivity contribution in [1.82, 2.24) is 5.32 Å². The maximum atomic E-state index is 11.7. The van der Waals surface area contributed by atoms with Gasteiger partial charge in [-0.25, -0.2) is 4.79 Å². The van der Waals surface area contributed by atoms with E-state index in [1.807, 2.05) is 6.92 Å². The zero-order valence-corrected chi connectivity index (χ0v) is 13.0. The first kappa shape index (κ1) is 16.8. The summed E-state index contributed by atoms with van der Waals surface area (Å²) in [5, 5.41) is 12.2. The minimum Gasteiger partial charge on any atom is -0.481 e. The van der Waals surface area contributed by atoms with Gasteiger partial charge in [-0.2, -0.15) is 0 Å². The first-order chi connectivity index (χ1) is 9.18. The zero-order chi connectivity index (χ0) is 15.4. The van der Waals surface area contributed by atoms with Gasteiger partial charge in [0, 0.05) is 6.54 Å². The highest BCUT2D eigenvalue weighted by molar-refractivity contribution is 5.76. The lowest BCUT2D eigenvalue weighted by atomic mass is 9.78. The van der Waals surface area contributed by atoms with Crippen LogP contribution >= 0.6 is 0 Å². The van der Waals surface area contributed by atoms with Crippen molar-refractivity contribution in [3.63, 3.8) is 0 Å². The quantitative estimate of drug-likeness (QED) is 0.753.